The van der Waals surface area contributed by atoms with Crippen molar-refractivity contribution in [1.29, 1.82) is 0 Å². The van der Waals surface area contributed by atoms with E-state index >= 15 is 0 Å². The first-order valence-electron chi connectivity index (χ1n) is 5.63. The number of pyridine rings is 1. The molecule has 0 amide bonds. The monoisotopic (exact) mass is 277 g/mol. The van der Waals surface area contributed by atoms with Crippen LogP contribution in [0.1, 0.15) is 21.6 Å². The SMILES string of the molecule is Cc1ccc(Cl)c(OCc2ccnc(C(=O)O)c2)c1. The zero-order valence-corrected chi connectivity index (χ0v) is 11.0. The first-order chi connectivity index (χ1) is 9.06. The Balaban J connectivity index is 2.12. The van der Waals surface area contributed by atoms with Crippen molar-refractivity contribution in [2.75, 3.05) is 0 Å². The molecule has 5 heteroatoms. The van der Waals surface area contributed by atoms with Gasteiger partial charge in [0.25, 0.3) is 0 Å². The first-order valence-corrected chi connectivity index (χ1v) is 6.01. The van der Waals surface area contributed by atoms with Gasteiger partial charge >= 0.3 is 5.97 Å². The maximum Gasteiger partial charge on any atom is 0.354 e. The summed E-state index contributed by atoms with van der Waals surface area (Å²) in [6.07, 6.45) is 1.44. The number of ether oxygens (including phenoxy) is 1. The minimum atomic E-state index is -1.06. The Morgan fingerprint density at radius 3 is 2.89 bits per heavy atom. The number of carboxylic acids is 1. The molecule has 0 radical (unpaired) electrons. The molecule has 2 aromatic rings. The van der Waals surface area contributed by atoms with Crippen LogP contribution >= 0.6 is 11.6 Å². The highest BCUT2D eigenvalue weighted by Gasteiger charge is 2.06. The van der Waals surface area contributed by atoms with Crippen LogP contribution in [0.3, 0.4) is 0 Å². The summed E-state index contributed by atoms with van der Waals surface area (Å²) in [5.74, 6) is -0.481. The van der Waals surface area contributed by atoms with Gasteiger partial charge in [-0.1, -0.05) is 17.7 Å². The zero-order chi connectivity index (χ0) is 13.8. The molecule has 0 aliphatic rings. The Labute approximate surface area is 115 Å². The first kappa shape index (κ1) is 13.4. The van der Waals surface area contributed by atoms with Gasteiger partial charge in [0.2, 0.25) is 0 Å². The summed E-state index contributed by atoms with van der Waals surface area (Å²) in [6, 6.07) is 8.68. The Kier molecular flexibility index (Phi) is 4.02. The molecule has 0 unspecified atom stereocenters. The molecule has 2 rings (SSSR count). The fraction of sp³-hybridized carbons (Fsp3) is 0.143. The summed E-state index contributed by atoms with van der Waals surface area (Å²) in [6.45, 7) is 2.18. The number of halogens is 1. The average Bonchev–Trinajstić information content (AvgIpc) is 2.40. The molecule has 0 fully saturated rings. The number of aromatic carboxylic acids is 1. The second kappa shape index (κ2) is 5.71. The normalized spacial score (nSPS) is 10.2. The molecule has 0 spiro atoms. The number of nitrogens with zero attached hydrogens (tertiary/aromatic N) is 1. The number of benzene rings is 1. The summed E-state index contributed by atoms with van der Waals surface area (Å²) in [4.78, 5) is 14.5. The van der Waals surface area contributed by atoms with Gasteiger partial charge in [0.15, 0.2) is 0 Å². The van der Waals surface area contributed by atoms with Crippen molar-refractivity contribution in [2.24, 2.45) is 0 Å². The van der Waals surface area contributed by atoms with E-state index in [1.165, 1.54) is 12.3 Å². The van der Waals surface area contributed by atoms with Crippen LogP contribution in [0.15, 0.2) is 36.5 Å². The van der Waals surface area contributed by atoms with Gasteiger partial charge in [0.1, 0.15) is 18.1 Å². The van der Waals surface area contributed by atoms with E-state index in [9.17, 15) is 4.79 Å². The summed E-state index contributed by atoms with van der Waals surface area (Å²) >= 11 is 6.01. The molecule has 0 bridgehead atoms. The number of rotatable bonds is 4. The van der Waals surface area contributed by atoms with Crippen LogP contribution in [0.2, 0.25) is 5.02 Å². The van der Waals surface area contributed by atoms with Crippen molar-refractivity contribution in [2.45, 2.75) is 13.5 Å². The van der Waals surface area contributed by atoms with E-state index < -0.39 is 5.97 Å². The molecule has 1 heterocycles. The highest BCUT2D eigenvalue weighted by molar-refractivity contribution is 6.32. The van der Waals surface area contributed by atoms with Crippen LogP contribution < -0.4 is 4.74 Å². The van der Waals surface area contributed by atoms with Gasteiger partial charge in [-0.05, 0) is 42.3 Å². The van der Waals surface area contributed by atoms with Gasteiger partial charge in [-0.3, -0.25) is 0 Å². The molecule has 0 atom stereocenters. The summed E-state index contributed by atoms with van der Waals surface area (Å²) in [7, 11) is 0. The van der Waals surface area contributed by atoms with E-state index in [1.807, 2.05) is 19.1 Å². The Morgan fingerprint density at radius 1 is 1.37 bits per heavy atom. The predicted molar refractivity (Wildman–Crippen MR) is 71.7 cm³/mol. The molecule has 98 valence electrons. The number of hydrogen-bond donors (Lipinski definition) is 1. The molecule has 4 nitrogen and oxygen atoms in total. The smallest absolute Gasteiger partial charge is 0.354 e. The third-order valence-electron chi connectivity index (χ3n) is 2.52. The van der Waals surface area contributed by atoms with Crippen LogP contribution in [-0.2, 0) is 6.61 Å². The Morgan fingerprint density at radius 2 is 2.16 bits per heavy atom. The Bertz CT molecular complexity index is 613. The van der Waals surface area contributed by atoms with E-state index in [0.717, 1.165) is 11.1 Å². The largest absolute Gasteiger partial charge is 0.487 e. The minimum absolute atomic E-state index is 0.00330. The number of carboxylic acid groups (broad SMARTS) is 1. The topological polar surface area (TPSA) is 59.4 Å². The molecule has 19 heavy (non-hydrogen) atoms. The van der Waals surface area contributed by atoms with Gasteiger partial charge in [-0.15, -0.1) is 0 Å². The maximum absolute atomic E-state index is 10.8. The lowest BCUT2D eigenvalue weighted by molar-refractivity contribution is 0.0690. The lowest BCUT2D eigenvalue weighted by atomic mass is 10.2. The van der Waals surface area contributed by atoms with E-state index in [0.29, 0.717) is 10.8 Å². The molecule has 0 saturated heterocycles. The molecule has 0 aliphatic heterocycles. The highest BCUT2D eigenvalue weighted by Crippen LogP contribution is 2.26. The zero-order valence-electron chi connectivity index (χ0n) is 10.3. The molecule has 1 N–H and O–H groups in total. The molecular formula is C14H12ClNO3. The Hall–Kier alpha value is -2.07. The van der Waals surface area contributed by atoms with Crippen molar-refractivity contribution < 1.29 is 14.6 Å². The van der Waals surface area contributed by atoms with Crippen LogP contribution in [0.4, 0.5) is 0 Å². The van der Waals surface area contributed by atoms with Crippen LogP contribution in [0.5, 0.6) is 5.75 Å². The number of aryl methyl sites for hydroxylation is 1. The van der Waals surface area contributed by atoms with Crippen molar-refractivity contribution in [3.05, 3.63) is 58.4 Å². The van der Waals surface area contributed by atoms with E-state index in [2.05, 4.69) is 4.98 Å². The molecule has 1 aromatic heterocycles. The standard InChI is InChI=1S/C14H12ClNO3/c1-9-2-3-11(15)13(6-9)19-8-10-4-5-16-12(7-10)14(17)18/h2-7H,8H2,1H3,(H,17,18). The second-order valence-electron chi connectivity index (χ2n) is 4.08. The fourth-order valence-corrected chi connectivity index (χ4v) is 1.74. The van der Waals surface area contributed by atoms with Gasteiger partial charge in [0, 0.05) is 6.20 Å². The number of hydrogen-bond acceptors (Lipinski definition) is 3. The summed E-state index contributed by atoms with van der Waals surface area (Å²) < 4.78 is 5.59. The minimum Gasteiger partial charge on any atom is -0.487 e. The summed E-state index contributed by atoms with van der Waals surface area (Å²) in [5.41, 5.74) is 1.77. The van der Waals surface area contributed by atoms with Gasteiger partial charge < -0.3 is 9.84 Å². The van der Waals surface area contributed by atoms with Crippen LogP contribution in [0.25, 0.3) is 0 Å². The van der Waals surface area contributed by atoms with E-state index in [4.69, 9.17) is 21.4 Å². The van der Waals surface area contributed by atoms with Gasteiger partial charge in [-0.25, -0.2) is 9.78 Å². The molecule has 0 aliphatic carbocycles. The van der Waals surface area contributed by atoms with Crippen LogP contribution in [0, 0.1) is 6.92 Å². The quantitative estimate of drug-likeness (QED) is 0.931. The predicted octanol–water partition coefficient (Wildman–Crippen LogP) is 3.32. The van der Waals surface area contributed by atoms with Crippen molar-refractivity contribution in [1.82, 2.24) is 4.98 Å². The van der Waals surface area contributed by atoms with Crippen LogP contribution in [-0.4, -0.2) is 16.1 Å². The lowest BCUT2D eigenvalue weighted by Crippen LogP contribution is -2.03. The van der Waals surface area contributed by atoms with Gasteiger partial charge in [-0.2, -0.15) is 0 Å². The third kappa shape index (κ3) is 3.45. The van der Waals surface area contributed by atoms with Crippen molar-refractivity contribution in [3.8, 4) is 5.75 Å². The maximum atomic E-state index is 10.8. The fourth-order valence-electron chi connectivity index (χ4n) is 1.56. The van der Waals surface area contributed by atoms with E-state index in [-0.39, 0.29) is 12.3 Å². The average molecular weight is 278 g/mol. The lowest BCUT2D eigenvalue weighted by Gasteiger charge is -2.09. The number of aromatic nitrogens is 1. The second-order valence-corrected chi connectivity index (χ2v) is 4.48. The van der Waals surface area contributed by atoms with E-state index in [1.54, 1.807) is 12.1 Å². The molecule has 0 saturated carbocycles. The van der Waals surface area contributed by atoms with Gasteiger partial charge in [0.05, 0.1) is 5.02 Å². The molecule has 1 aromatic carbocycles. The number of carbonyl (C=O) groups is 1. The van der Waals surface area contributed by atoms with Crippen molar-refractivity contribution >= 4 is 17.6 Å². The molecular weight excluding hydrogens is 266 g/mol. The highest BCUT2D eigenvalue weighted by atomic mass is 35.5. The summed E-state index contributed by atoms with van der Waals surface area (Å²) in [5, 5.41) is 9.38. The van der Waals surface area contributed by atoms with Crippen molar-refractivity contribution in [3.63, 3.8) is 0 Å². The third-order valence-corrected chi connectivity index (χ3v) is 2.84.